The number of carbonyl (C=O) groups is 2. The number of anilines is 3. The van der Waals surface area contributed by atoms with Gasteiger partial charge in [0.05, 0.1) is 5.69 Å². The number of hydrogen-bond acceptors (Lipinski definition) is 7. The van der Waals surface area contributed by atoms with Crippen LogP contribution in [0.3, 0.4) is 0 Å². The molecule has 49 heavy (non-hydrogen) atoms. The standard InChI is InChI=1S/C42H39NO6/c1-7-41(44)48-37-21-13-32(14-22-37)30(5)46-39-25-36(43(34-17-9-28(3)10-18-34)35-19-11-29(4)12-20-35)26-40(27-39)47-31(6)33-15-23-38(24-16-33)49-42(45)8-2/h7-27,30-31H,1-2H2,3-6H3. The first kappa shape index (κ1) is 34.3. The van der Waals surface area contributed by atoms with Crippen LogP contribution in [0.2, 0.25) is 0 Å². The van der Waals surface area contributed by atoms with Crippen molar-refractivity contribution in [2.24, 2.45) is 0 Å². The van der Waals surface area contributed by atoms with Gasteiger partial charge in [-0.3, -0.25) is 0 Å². The highest BCUT2D eigenvalue weighted by molar-refractivity contribution is 5.84. The Morgan fingerprint density at radius 1 is 0.531 bits per heavy atom. The summed E-state index contributed by atoms with van der Waals surface area (Å²) >= 11 is 0. The number of aryl methyl sites for hydroxylation is 2. The van der Waals surface area contributed by atoms with Gasteiger partial charge >= 0.3 is 11.9 Å². The third-order valence-corrected chi connectivity index (χ3v) is 7.80. The van der Waals surface area contributed by atoms with Crippen LogP contribution in [0.5, 0.6) is 23.0 Å². The molecule has 0 aliphatic carbocycles. The van der Waals surface area contributed by atoms with Crippen LogP contribution in [-0.2, 0) is 9.59 Å². The Bertz CT molecular complexity index is 1780. The first-order chi connectivity index (χ1) is 23.6. The summed E-state index contributed by atoms with van der Waals surface area (Å²) in [6.07, 6.45) is 1.56. The summed E-state index contributed by atoms with van der Waals surface area (Å²) in [6, 6.07) is 36.9. The molecule has 5 aromatic carbocycles. The van der Waals surface area contributed by atoms with E-state index in [2.05, 4.69) is 80.4 Å². The van der Waals surface area contributed by atoms with E-state index in [9.17, 15) is 9.59 Å². The molecule has 0 aromatic heterocycles. The fourth-order valence-electron chi connectivity index (χ4n) is 5.13. The van der Waals surface area contributed by atoms with Gasteiger partial charge in [-0.2, -0.15) is 0 Å². The zero-order valence-electron chi connectivity index (χ0n) is 28.1. The predicted molar refractivity (Wildman–Crippen MR) is 193 cm³/mol. The Kier molecular flexibility index (Phi) is 11.0. The first-order valence-corrected chi connectivity index (χ1v) is 15.9. The minimum absolute atomic E-state index is 0.345. The summed E-state index contributed by atoms with van der Waals surface area (Å²) in [5.74, 6) is 1.01. The maximum absolute atomic E-state index is 11.6. The summed E-state index contributed by atoms with van der Waals surface area (Å²) in [4.78, 5) is 25.4. The summed E-state index contributed by atoms with van der Waals surface area (Å²) in [5, 5.41) is 0. The zero-order chi connectivity index (χ0) is 34.9. The van der Waals surface area contributed by atoms with Crippen LogP contribution < -0.4 is 23.8 Å². The molecule has 0 saturated heterocycles. The van der Waals surface area contributed by atoms with Crippen LogP contribution >= 0.6 is 0 Å². The number of benzene rings is 5. The van der Waals surface area contributed by atoms with E-state index in [0.29, 0.717) is 23.0 Å². The Morgan fingerprint density at radius 3 is 1.24 bits per heavy atom. The second-order valence-electron chi connectivity index (χ2n) is 11.6. The van der Waals surface area contributed by atoms with E-state index < -0.39 is 11.9 Å². The van der Waals surface area contributed by atoms with Crippen molar-refractivity contribution in [3.05, 3.63) is 163 Å². The minimum atomic E-state index is -0.519. The van der Waals surface area contributed by atoms with Crippen LogP contribution in [0.1, 0.15) is 48.3 Å². The van der Waals surface area contributed by atoms with Crippen molar-refractivity contribution in [3.63, 3.8) is 0 Å². The number of ether oxygens (including phenoxy) is 4. The SMILES string of the molecule is C=CC(=O)Oc1ccc(C(C)Oc2cc(OC(C)c3ccc(OC(=O)C=C)cc3)cc(N(c3ccc(C)cc3)c3ccc(C)cc3)c2)cc1. The van der Waals surface area contributed by atoms with Gasteiger partial charge in [-0.1, -0.05) is 72.8 Å². The Labute approximate surface area is 287 Å². The summed E-state index contributed by atoms with van der Waals surface area (Å²) in [7, 11) is 0. The van der Waals surface area contributed by atoms with Crippen molar-refractivity contribution >= 4 is 29.0 Å². The lowest BCUT2D eigenvalue weighted by molar-refractivity contribution is -0.129. The van der Waals surface area contributed by atoms with Gasteiger partial charge in [0.2, 0.25) is 0 Å². The van der Waals surface area contributed by atoms with Crippen LogP contribution in [0, 0.1) is 13.8 Å². The third kappa shape index (κ3) is 9.05. The molecule has 0 radical (unpaired) electrons. The lowest BCUT2D eigenvalue weighted by Crippen LogP contribution is -2.12. The number of carbonyl (C=O) groups excluding carboxylic acids is 2. The average molecular weight is 654 g/mol. The largest absolute Gasteiger partial charge is 0.486 e. The molecule has 0 N–H and O–H groups in total. The smallest absolute Gasteiger partial charge is 0.335 e. The number of esters is 2. The van der Waals surface area contributed by atoms with Crippen LogP contribution in [0.4, 0.5) is 17.1 Å². The van der Waals surface area contributed by atoms with Crippen LogP contribution in [-0.4, -0.2) is 11.9 Å². The number of rotatable bonds is 13. The Balaban J connectivity index is 1.51. The molecular weight excluding hydrogens is 614 g/mol. The fraction of sp³-hybridized carbons (Fsp3) is 0.143. The van der Waals surface area contributed by atoms with Gasteiger partial charge in [-0.25, -0.2) is 9.59 Å². The highest BCUT2D eigenvalue weighted by atomic mass is 16.5. The van der Waals surface area contributed by atoms with Gasteiger partial charge in [0.15, 0.2) is 0 Å². The van der Waals surface area contributed by atoms with Gasteiger partial charge < -0.3 is 23.8 Å². The normalized spacial score (nSPS) is 11.8. The molecule has 0 fully saturated rings. The Morgan fingerprint density at radius 2 is 0.898 bits per heavy atom. The lowest BCUT2D eigenvalue weighted by atomic mass is 10.1. The van der Waals surface area contributed by atoms with Gasteiger partial charge in [-0.15, -0.1) is 0 Å². The van der Waals surface area contributed by atoms with Gasteiger partial charge in [0, 0.05) is 41.7 Å². The highest BCUT2D eigenvalue weighted by Crippen LogP contribution is 2.40. The number of hydrogen-bond donors (Lipinski definition) is 0. The van der Waals surface area contributed by atoms with E-state index in [-0.39, 0.29) is 12.2 Å². The molecular formula is C42H39NO6. The number of nitrogens with zero attached hydrogens (tertiary/aromatic N) is 1. The minimum Gasteiger partial charge on any atom is -0.486 e. The van der Waals surface area contributed by atoms with Crippen LogP contribution in [0.25, 0.3) is 0 Å². The fourth-order valence-corrected chi connectivity index (χ4v) is 5.13. The van der Waals surface area contributed by atoms with E-state index >= 15 is 0 Å². The topological polar surface area (TPSA) is 74.3 Å². The molecule has 2 unspecified atom stereocenters. The first-order valence-electron chi connectivity index (χ1n) is 15.9. The quantitative estimate of drug-likeness (QED) is 0.0711. The van der Waals surface area contributed by atoms with Crippen molar-refractivity contribution in [1.82, 2.24) is 0 Å². The molecule has 5 aromatic rings. The maximum atomic E-state index is 11.6. The molecule has 0 spiro atoms. The molecule has 7 heteroatoms. The van der Waals surface area contributed by atoms with Gasteiger partial charge in [0.1, 0.15) is 35.2 Å². The lowest BCUT2D eigenvalue weighted by Gasteiger charge is -2.28. The maximum Gasteiger partial charge on any atom is 0.335 e. The zero-order valence-corrected chi connectivity index (χ0v) is 28.1. The average Bonchev–Trinajstić information content (AvgIpc) is 3.10. The summed E-state index contributed by atoms with van der Waals surface area (Å²) < 4.78 is 23.6. The van der Waals surface area contributed by atoms with Gasteiger partial charge in [-0.05, 0) is 87.4 Å². The van der Waals surface area contributed by atoms with Crippen molar-refractivity contribution in [2.75, 3.05) is 4.90 Å². The molecule has 248 valence electrons. The molecule has 0 heterocycles. The van der Waals surface area contributed by atoms with E-state index in [0.717, 1.165) is 51.5 Å². The third-order valence-electron chi connectivity index (χ3n) is 7.80. The molecule has 0 aliphatic heterocycles. The monoisotopic (exact) mass is 653 g/mol. The second kappa shape index (κ2) is 15.7. The summed E-state index contributed by atoms with van der Waals surface area (Å²) in [6.45, 7) is 14.9. The van der Waals surface area contributed by atoms with E-state index in [1.54, 1.807) is 24.3 Å². The molecule has 5 rings (SSSR count). The van der Waals surface area contributed by atoms with Gasteiger partial charge in [0.25, 0.3) is 0 Å². The van der Waals surface area contributed by atoms with Crippen molar-refractivity contribution < 1.29 is 28.5 Å². The van der Waals surface area contributed by atoms with Crippen molar-refractivity contribution in [1.29, 1.82) is 0 Å². The summed E-state index contributed by atoms with van der Waals surface area (Å²) in [5.41, 5.74) is 6.91. The molecule has 2 atom stereocenters. The highest BCUT2D eigenvalue weighted by Gasteiger charge is 2.19. The molecule has 0 aliphatic rings. The van der Waals surface area contributed by atoms with E-state index in [1.807, 2.05) is 56.3 Å². The second-order valence-corrected chi connectivity index (χ2v) is 11.6. The molecule has 0 bridgehead atoms. The van der Waals surface area contributed by atoms with E-state index in [1.165, 1.54) is 0 Å². The molecule has 0 amide bonds. The molecule has 7 nitrogen and oxygen atoms in total. The predicted octanol–water partition coefficient (Wildman–Crippen LogP) is 10.2. The van der Waals surface area contributed by atoms with Crippen molar-refractivity contribution in [3.8, 4) is 23.0 Å². The van der Waals surface area contributed by atoms with Crippen LogP contribution in [0.15, 0.2) is 141 Å². The van der Waals surface area contributed by atoms with Crippen molar-refractivity contribution in [2.45, 2.75) is 39.9 Å². The van der Waals surface area contributed by atoms with E-state index in [4.69, 9.17) is 18.9 Å². The Hall–Kier alpha value is -6.08. The molecule has 0 saturated carbocycles.